The molecule has 236 valence electrons. The van der Waals surface area contributed by atoms with Crippen LogP contribution in [0.3, 0.4) is 0 Å². The molecule has 2 bridgehead atoms. The van der Waals surface area contributed by atoms with Crippen molar-refractivity contribution in [2.24, 2.45) is 5.92 Å². The molecule has 45 heavy (non-hydrogen) atoms. The zero-order chi connectivity index (χ0) is 31.7. The van der Waals surface area contributed by atoms with Crippen molar-refractivity contribution in [3.8, 4) is 5.75 Å². The SMILES string of the molecule is O=C(N[C@@]12CCC(CCn3c1nc(C(=O)NCc1ccc(F)cc1)c(OCc1ccc(Cl)cc1)c3=O)C2)C(=O)N1CC[C@@H](F)C1. The first kappa shape index (κ1) is 30.7. The molecule has 3 heterocycles. The predicted octanol–water partition coefficient (Wildman–Crippen LogP) is 3.63. The van der Waals surface area contributed by atoms with E-state index in [1.54, 1.807) is 24.3 Å². The van der Waals surface area contributed by atoms with Gasteiger partial charge in [0.1, 0.15) is 24.4 Å². The van der Waals surface area contributed by atoms with Gasteiger partial charge in [0.25, 0.3) is 11.5 Å². The third kappa shape index (κ3) is 6.42. The molecule has 3 atom stereocenters. The van der Waals surface area contributed by atoms with Gasteiger partial charge in [-0.15, -0.1) is 0 Å². The number of benzene rings is 2. The van der Waals surface area contributed by atoms with Gasteiger partial charge >= 0.3 is 11.8 Å². The first-order valence-electron chi connectivity index (χ1n) is 14.9. The molecule has 2 N–H and O–H groups in total. The summed E-state index contributed by atoms with van der Waals surface area (Å²) in [6.07, 6.45) is 1.16. The summed E-state index contributed by atoms with van der Waals surface area (Å²) >= 11 is 6.00. The molecule has 1 unspecified atom stereocenters. The molecule has 2 aliphatic heterocycles. The maximum atomic E-state index is 14.1. The summed E-state index contributed by atoms with van der Waals surface area (Å²) in [4.78, 5) is 59.9. The van der Waals surface area contributed by atoms with Gasteiger partial charge in [0.2, 0.25) is 5.75 Å². The van der Waals surface area contributed by atoms with E-state index < -0.39 is 40.8 Å². The lowest BCUT2D eigenvalue weighted by Crippen LogP contribution is -2.53. The Morgan fingerprint density at radius 1 is 1.02 bits per heavy atom. The lowest BCUT2D eigenvalue weighted by Gasteiger charge is -2.32. The molecule has 1 aliphatic carbocycles. The fourth-order valence-corrected chi connectivity index (χ4v) is 6.52. The maximum absolute atomic E-state index is 14.1. The average Bonchev–Trinajstić information content (AvgIpc) is 3.61. The molecular formula is C32H32ClF2N5O5. The van der Waals surface area contributed by atoms with Crippen molar-refractivity contribution in [3.63, 3.8) is 0 Å². The number of halogens is 3. The number of fused-ring (bicyclic) bond motifs is 4. The Morgan fingerprint density at radius 3 is 2.47 bits per heavy atom. The smallest absolute Gasteiger partial charge is 0.312 e. The fourth-order valence-electron chi connectivity index (χ4n) is 6.39. The van der Waals surface area contributed by atoms with E-state index in [2.05, 4.69) is 10.6 Å². The van der Waals surface area contributed by atoms with Crippen molar-refractivity contribution in [1.82, 2.24) is 25.1 Å². The minimum Gasteiger partial charge on any atom is -0.481 e. The molecule has 1 saturated heterocycles. The lowest BCUT2D eigenvalue weighted by molar-refractivity contribution is -0.146. The third-order valence-electron chi connectivity index (χ3n) is 8.78. The topological polar surface area (TPSA) is 123 Å². The van der Waals surface area contributed by atoms with E-state index in [-0.39, 0.29) is 62.4 Å². The number of likely N-dealkylation sites (tertiary alicyclic amines) is 1. The van der Waals surface area contributed by atoms with E-state index in [0.29, 0.717) is 35.4 Å². The van der Waals surface area contributed by atoms with Crippen molar-refractivity contribution in [2.45, 2.75) is 63.5 Å². The van der Waals surface area contributed by atoms with Gasteiger partial charge in [-0.2, -0.15) is 0 Å². The van der Waals surface area contributed by atoms with Crippen molar-refractivity contribution in [3.05, 3.63) is 92.4 Å². The molecule has 0 spiro atoms. The van der Waals surface area contributed by atoms with Crippen LogP contribution < -0.4 is 20.9 Å². The quantitative estimate of drug-likeness (QED) is 0.381. The van der Waals surface area contributed by atoms with Crippen LogP contribution in [0.5, 0.6) is 5.75 Å². The van der Waals surface area contributed by atoms with Crippen LogP contribution in [-0.4, -0.2) is 51.4 Å². The monoisotopic (exact) mass is 639 g/mol. The van der Waals surface area contributed by atoms with Crippen LogP contribution in [0.15, 0.2) is 53.3 Å². The van der Waals surface area contributed by atoms with Crippen LogP contribution in [-0.2, 0) is 34.8 Å². The van der Waals surface area contributed by atoms with E-state index in [4.69, 9.17) is 21.3 Å². The Bertz CT molecular complexity index is 1680. The van der Waals surface area contributed by atoms with E-state index in [1.807, 2.05) is 0 Å². The fraction of sp³-hybridized carbons (Fsp3) is 0.406. The molecule has 1 aromatic heterocycles. The highest BCUT2D eigenvalue weighted by molar-refractivity contribution is 6.35. The standard InChI is InChI=1S/C32H32ClF2N5O5/c33-22-5-1-21(2-6-22)18-45-26-25(27(41)36-16-20-3-7-23(34)8-4-20)37-31-32(12-9-19(15-32)10-14-40(31)29(26)43)38-28(42)30(44)39-13-11-24(35)17-39/h1-8,19,24H,9-18H2,(H,36,41)(H,38,42)/t19?,24-,32-/m1/s1. The van der Waals surface area contributed by atoms with Gasteiger partial charge in [-0.1, -0.05) is 35.9 Å². The van der Waals surface area contributed by atoms with Crippen molar-refractivity contribution < 1.29 is 27.9 Å². The van der Waals surface area contributed by atoms with Gasteiger partial charge in [0.05, 0.1) is 12.1 Å². The first-order chi connectivity index (χ1) is 21.6. The number of nitrogens with zero attached hydrogens (tertiary/aromatic N) is 3. The first-order valence-corrected chi connectivity index (χ1v) is 15.3. The minimum atomic E-state index is -1.19. The molecule has 1 saturated carbocycles. The Kier molecular flexibility index (Phi) is 8.59. The molecular weight excluding hydrogens is 608 g/mol. The highest BCUT2D eigenvalue weighted by Crippen LogP contribution is 2.45. The highest BCUT2D eigenvalue weighted by atomic mass is 35.5. The average molecular weight is 640 g/mol. The largest absolute Gasteiger partial charge is 0.481 e. The number of hydrogen-bond acceptors (Lipinski definition) is 6. The zero-order valence-corrected chi connectivity index (χ0v) is 25.1. The summed E-state index contributed by atoms with van der Waals surface area (Å²) in [5, 5.41) is 6.12. The number of nitrogens with one attached hydrogen (secondary N) is 2. The molecule has 2 fully saturated rings. The van der Waals surface area contributed by atoms with Gasteiger partial charge in [-0.25, -0.2) is 13.8 Å². The maximum Gasteiger partial charge on any atom is 0.312 e. The van der Waals surface area contributed by atoms with Crippen LogP contribution in [0.25, 0.3) is 0 Å². The molecule has 2 aromatic carbocycles. The van der Waals surface area contributed by atoms with Gasteiger partial charge < -0.3 is 20.3 Å². The Balaban J connectivity index is 1.36. The van der Waals surface area contributed by atoms with Gasteiger partial charge in [0, 0.05) is 24.7 Å². The number of carbonyl (C=O) groups is 3. The third-order valence-corrected chi connectivity index (χ3v) is 9.03. The number of carbonyl (C=O) groups excluding carboxylic acids is 3. The minimum absolute atomic E-state index is 0.0275. The van der Waals surface area contributed by atoms with Crippen LogP contribution in [0.4, 0.5) is 8.78 Å². The second-order valence-corrected chi connectivity index (χ2v) is 12.3. The number of hydrogen-bond donors (Lipinski definition) is 2. The Morgan fingerprint density at radius 2 is 1.76 bits per heavy atom. The van der Waals surface area contributed by atoms with Gasteiger partial charge in [-0.3, -0.25) is 23.7 Å². The normalized spacial score (nSPS) is 22.0. The van der Waals surface area contributed by atoms with Crippen LogP contribution in [0, 0.1) is 11.7 Å². The summed E-state index contributed by atoms with van der Waals surface area (Å²) in [6, 6.07) is 12.4. The second-order valence-electron chi connectivity index (χ2n) is 11.9. The number of alkyl halides is 1. The van der Waals surface area contributed by atoms with Crippen molar-refractivity contribution in [1.29, 1.82) is 0 Å². The summed E-state index contributed by atoms with van der Waals surface area (Å²) < 4.78 is 34.6. The van der Waals surface area contributed by atoms with E-state index >= 15 is 0 Å². The molecule has 3 aromatic rings. The van der Waals surface area contributed by atoms with Gasteiger partial charge in [0.15, 0.2) is 5.69 Å². The number of amides is 3. The number of ether oxygens (including phenoxy) is 1. The van der Waals surface area contributed by atoms with Crippen molar-refractivity contribution in [2.75, 3.05) is 13.1 Å². The summed E-state index contributed by atoms with van der Waals surface area (Å²) in [5.41, 5.74) is -0.725. The molecule has 10 nitrogen and oxygen atoms in total. The van der Waals surface area contributed by atoms with Crippen molar-refractivity contribution >= 4 is 29.3 Å². The number of rotatable bonds is 7. The predicted molar refractivity (Wildman–Crippen MR) is 160 cm³/mol. The second kappa shape index (κ2) is 12.6. The number of aromatic nitrogens is 2. The van der Waals surface area contributed by atoms with E-state index in [9.17, 15) is 28.0 Å². The summed E-state index contributed by atoms with van der Waals surface area (Å²) in [5.74, 6) is -2.82. The molecule has 0 radical (unpaired) electrons. The van der Waals surface area contributed by atoms with E-state index in [1.165, 1.54) is 33.7 Å². The van der Waals surface area contributed by atoms with E-state index in [0.717, 1.165) is 6.42 Å². The highest BCUT2D eigenvalue weighted by Gasteiger charge is 2.49. The van der Waals surface area contributed by atoms with Gasteiger partial charge in [-0.05, 0) is 73.4 Å². The van der Waals surface area contributed by atoms with Crippen LogP contribution in [0.1, 0.15) is 59.5 Å². The lowest BCUT2D eigenvalue weighted by atomic mass is 9.94. The molecule has 3 amide bonds. The summed E-state index contributed by atoms with van der Waals surface area (Å²) in [7, 11) is 0. The Hall–Kier alpha value is -4.32. The molecule has 6 rings (SSSR count). The summed E-state index contributed by atoms with van der Waals surface area (Å²) in [6.45, 7) is 0.254. The molecule has 13 heteroatoms. The zero-order valence-electron chi connectivity index (χ0n) is 24.4. The van der Waals surface area contributed by atoms with Crippen LogP contribution in [0.2, 0.25) is 5.02 Å². The molecule has 3 aliphatic rings. The van der Waals surface area contributed by atoms with Crippen LogP contribution >= 0.6 is 11.6 Å². The Labute approximate surface area is 262 Å².